The summed E-state index contributed by atoms with van der Waals surface area (Å²) in [6.07, 6.45) is 0.108. The molecule has 2 atom stereocenters. The van der Waals surface area contributed by atoms with E-state index in [2.05, 4.69) is 4.90 Å². The molecule has 1 amide bonds. The Morgan fingerprint density at radius 3 is 2.71 bits per heavy atom. The lowest BCUT2D eigenvalue weighted by atomic mass is 9.97. The number of morpholine rings is 1. The third kappa shape index (κ3) is 4.03. The fraction of sp³-hybridized carbons (Fsp3) is 0.562. The Balaban J connectivity index is 2.27. The minimum atomic E-state index is -0.115. The summed E-state index contributed by atoms with van der Waals surface area (Å²) in [4.78, 5) is 16.2. The molecule has 0 saturated carbocycles. The van der Waals surface area contributed by atoms with Crippen molar-refractivity contribution >= 4 is 5.91 Å². The van der Waals surface area contributed by atoms with E-state index in [4.69, 9.17) is 9.84 Å². The molecule has 0 aromatic heterocycles. The lowest BCUT2D eigenvalue weighted by Gasteiger charge is -2.42. The lowest BCUT2D eigenvalue weighted by molar-refractivity contribution is -0.148. The minimum absolute atomic E-state index is 0.0154. The zero-order valence-electron chi connectivity index (χ0n) is 12.7. The standard InChI is InChI=1S/C16H24N2O3/c1-17(2)12-14-16(13-6-4-3-5-7-13)18(9-11-21-14)15(20)8-10-19/h3-7,14,16,19H,8-12H2,1-2H3/t14-,16-/m0/s1. The first kappa shape index (κ1) is 15.9. The molecule has 1 aromatic carbocycles. The molecule has 5 nitrogen and oxygen atoms in total. The van der Waals surface area contributed by atoms with Crippen LogP contribution in [-0.4, -0.2) is 67.3 Å². The highest BCUT2D eigenvalue weighted by Gasteiger charge is 2.36. The molecule has 0 spiro atoms. The molecule has 1 aromatic rings. The van der Waals surface area contributed by atoms with Crippen LogP contribution in [0.4, 0.5) is 0 Å². The van der Waals surface area contributed by atoms with Gasteiger partial charge < -0.3 is 19.6 Å². The number of hydrogen-bond acceptors (Lipinski definition) is 4. The monoisotopic (exact) mass is 292 g/mol. The van der Waals surface area contributed by atoms with E-state index in [-0.39, 0.29) is 31.1 Å². The summed E-state index contributed by atoms with van der Waals surface area (Å²) in [5.74, 6) is -0.0154. The van der Waals surface area contributed by atoms with Crippen LogP contribution in [0.2, 0.25) is 0 Å². The first-order valence-corrected chi connectivity index (χ1v) is 7.35. The molecule has 0 aliphatic carbocycles. The van der Waals surface area contributed by atoms with Gasteiger partial charge in [0.1, 0.15) is 0 Å². The second-order valence-corrected chi connectivity index (χ2v) is 5.59. The number of hydrogen-bond donors (Lipinski definition) is 1. The smallest absolute Gasteiger partial charge is 0.225 e. The summed E-state index contributed by atoms with van der Waals surface area (Å²) < 4.78 is 5.92. The van der Waals surface area contributed by atoms with Crippen molar-refractivity contribution in [1.82, 2.24) is 9.80 Å². The highest BCUT2D eigenvalue weighted by molar-refractivity contribution is 5.77. The Labute approximate surface area is 126 Å². The Bertz CT molecular complexity index is 450. The van der Waals surface area contributed by atoms with Gasteiger partial charge in [0.25, 0.3) is 0 Å². The lowest BCUT2D eigenvalue weighted by Crippen LogP contribution is -2.51. The molecule has 0 radical (unpaired) electrons. The predicted octanol–water partition coefficient (Wildman–Crippen LogP) is 0.899. The topological polar surface area (TPSA) is 53.0 Å². The third-order valence-corrected chi connectivity index (χ3v) is 3.68. The van der Waals surface area contributed by atoms with Crippen LogP contribution in [0, 0.1) is 0 Å². The van der Waals surface area contributed by atoms with Gasteiger partial charge >= 0.3 is 0 Å². The number of aliphatic hydroxyl groups is 1. The molecule has 1 saturated heterocycles. The van der Waals surface area contributed by atoms with Crippen LogP contribution in [0.25, 0.3) is 0 Å². The van der Waals surface area contributed by atoms with Crippen molar-refractivity contribution in [1.29, 1.82) is 0 Å². The molecule has 21 heavy (non-hydrogen) atoms. The van der Waals surface area contributed by atoms with Crippen molar-refractivity contribution in [2.24, 2.45) is 0 Å². The number of amides is 1. The number of carbonyl (C=O) groups is 1. The molecule has 5 heteroatoms. The second kappa shape index (κ2) is 7.54. The normalized spacial score (nSPS) is 22.6. The summed E-state index contributed by atoms with van der Waals surface area (Å²) >= 11 is 0. The van der Waals surface area contributed by atoms with E-state index in [1.807, 2.05) is 49.3 Å². The number of benzene rings is 1. The van der Waals surface area contributed by atoms with Crippen molar-refractivity contribution < 1.29 is 14.6 Å². The van der Waals surface area contributed by atoms with Gasteiger partial charge in [-0.05, 0) is 19.7 Å². The average Bonchev–Trinajstić information content (AvgIpc) is 2.47. The van der Waals surface area contributed by atoms with Crippen LogP contribution in [0.15, 0.2) is 30.3 Å². The number of carbonyl (C=O) groups excluding carboxylic acids is 1. The largest absolute Gasteiger partial charge is 0.396 e. The molecule has 0 bridgehead atoms. The summed E-state index contributed by atoms with van der Waals surface area (Å²) in [5.41, 5.74) is 1.08. The molecule has 1 N–H and O–H groups in total. The fourth-order valence-electron chi connectivity index (χ4n) is 2.81. The van der Waals surface area contributed by atoms with Crippen molar-refractivity contribution in [2.75, 3.05) is 40.4 Å². The van der Waals surface area contributed by atoms with E-state index in [9.17, 15) is 4.79 Å². The summed E-state index contributed by atoms with van der Waals surface area (Å²) in [6, 6.07) is 9.88. The maximum atomic E-state index is 12.3. The van der Waals surface area contributed by atoms with Crippen molar-refractivity contribution in [3.05, 3.63) is 35.9 Å². The van der Waals surface area contributed by atoms with Gasteiger partial charge in [-0.25, -0.2) is 0 Å². The molecule has 1 aliphatic heterocycles. The molecular weight excluding hydrogens is 268 g/mol. The van der Waals surface area contributed by atoms with E-state index < -0.39 is 0 Å². The van der Waals surface area contributed by atoms with Crippen LogP contribution in [-0.2, 0) is 9.53 Å². The predicted molar refractivity (Wildman–Crippen MR) is 80.9 cm³/mol. The van der Waals surface area contributed by atoms with E-state index >= 15 is 0 Å². The highest BCUT2D eigenvalue weighted by Crippen LogP contribution is 2.30. The Hall–Kier alpha value is -1.43. The molecule has 1 heterocycles. The second-order valence-electron chi connectivity index (χ2n) is 5.59. The highest BCUT2D eigenvalue weighted by atomic mass is 16.5. The van der Waals surface area contributed by atoms with Gasteiger partial charge in [-0.1, -0.05) is 30.3 Å². The molecule has 1 aliphatic rings. The van der Waals surface area contributed by atoms with Crippen molar-refractivity contribution in [2.45, 2.75) is 18.6 Å². The summed E-state index contributed by atoms with van der Waals surface area (Å²) in [6.45, 7) is 1.75. The molecule has 2 rings (SSSR count). The Morgan fingerprint density at radius 1 is 1.38 bits per heavy atom. The quantitative estimate of drug-likeness (QED) is 0.876. The van der Waals surface area contributed by atoms with E-state index in [0.717, 1.165) is 12.1 Å². The Morgan fingerprint density at radius 2 is 2.10 bits per heavy atom. The van der Waals surface area contributed by atoms with Gasteiger partial charge in [0.05, 0.1) is 25.4 Å². The van der Waals surface area contributed by atoms with Gasteiger partial charge in [0.2, 0.25) is 5.91 Å². The van der Waals surface area contributed by atoms with Gasteiger partial charge in [-0.3, -0.25) is 4.79 Å². The third-order valence-electron chi connectivity index (χ3n) is 3.68. The Kier molecular flexibility index (Phi) is 5.73. The van der Waals surface area contributed by atoms with Crippen LogP contribution >= 0.6 is 0 Å². The fourth-order valence-corrected chi connectivity index (χ4v) is 2.81. The van der Waals surface area contributed by atoms with E-state index in [1.165, 1.54) is 0 Å². The van der Waals surface area contributed by atoms with Gasteiger partial charge in [0.15, 0.2) is 0 Å². The van der Waals surface area contributed by atoms with E-state index in [0.29, 0.717) is 13.2 Å². The van der Waals surface area contributed by atoms with Crippen LogP contribution in [0.1, 0.15) is 18.0 Å². The summed E-state index contributed by atoms with van der Waals surface area (Å²) in [5, 5.41) is 9.05. The first-order valence-electron chi connectivity index (χ1n) is 7.35. The van der Waals surface area contributed by atoms with Crippen LogP contribution < -0.4 is 0 Å². The van der Waals surface area contributed by atoms with Gasteiger partial charge in [0, 0.05) is 19.5 Å². The van der Waals surface area contributed by atoms with Gasteiger partial charge in [-0.15, -0.1) is 0 Å². The number of nitrogens with zero attached hydrogens (tertiary/aromatic N) is 2. The SMILES string of the molecule is CN(C)C[C@@H]1OCCN(C(=O)CCO)[C@H]1c1ccccc1. The zero-order chi connectivity index (χ0) is 15.2. The number of aliphatic hydroxyl groups excluding tert-OH is 1. The average molecular weight is 292 g/mol. The van der Waals surface area contributed by atoms with Gasteiger partial charge in [-0.2, -0.15) is 0 Å². The van der Waals surface area contributed by atoms with Crippen molar-refractivity contribution in [3.63, 3.8) is 0 Å². The molecular formula is C16H24N2O3. The zero-order valence-corrected chi connectivity index (χ0v) is 12.7. The number of rotatable bonds is 5. The van der Waals surface area contributed by atoms with Crippen LogP contribution in [0.3, 0.4) is 0 Å². The minimum Gasteiger partial charge on any atom is -0.396 e. The van der Waals surface area contributed by atoms with E-state index in [1.54, 1.807) is 0 Å². The first-order chi connectivity index (χ1) is 10.1. The maximum absolute atomic E-state index is 12.3. The maximum Gasteiger partial charge on any atom is 0.225 e. The number of likely N-dealkylation sites (N-methyl/N-ethyl adjacent to an activating group) is 1. The van der Waals surface area contributed by atoms with Crippen molar-refractivity contribution in [3.8, 4) is 0 Å². The number of ether oxygens (including phenoxy) is 1. The van der Waals surface area contributed by atoms with Crippen LogP contribution in [0.5, 0.6) is 0 Å². The summed E-state index contributed by atoms with van der Waals surface area (Å²) in [7, 11) is 4.00. The molecule has 116 valence electrons. The molecule has 0 unspecified atom stereocenters. The molecule has 1 fully saturated rings.